The molecular weight excluding hydrogens is 262 g/mol. The molecule has 0 aliphatic carbocycles. The van der Waals surface area contributed by atoms with Gasteiger partial charge in [0.25, 0.3) is 0 Å². The topological polar surface area (TPSA) is 38.6 Å². The third kappa shape index (κ3) is 2.57. The minimum atomic E-state index is 0.900. The van der Waals surface area contributed by atoms with E-state index in [2.05, 4.69) is 41.8 Å². The van der Waals surface area contributed by atoms with Gasteiger partial charge in [-0.05, 0) is 49.7 Å². The van der Waals surface area contributed by atoms with Crippen LogP contribution in [0, 0.1) is 6.92 Å². The summed E-state index contributed by atoms with van der Waals surface area (Å²) in [4.78, 5) is 4.68. The lowest BCUT2D eigenvalue weighted by molar-refractivity contribution is 0.412. The minimum absolute atomic E-state index is 0.900. The summed E-state index contributed by atoms with van der Waals surface area (Å²) in [5, 5.41) is 3.31. The van der Waals surface area contributed by atoms with Gasteiger partial charge in [0.05, 0.1) is 18.5 Å². The summed E-state index contributed by atoms with van der Waals surface area (Å²) in [6.45, 7) is 5.04. The quantitative estimate of drug-likeness (QED) is 0.791. The molecule has 0 atom stereocenters. The fourth-order valence-corrected chi connectivity index (χ4v) is 2.48. The molecule has 1 N–H and O–H groups in total. The molecule has 3 aromatic rings. The lowest BCUT2D eigenvalue weighted by Crippen LogP contribution is -1.97. The number of methoxy groups -OCH3 is 1. The van der Waals surface area contributed by atoms with Gasteiger partial charge >= 0.3 is 0 Å². The summed E-state index contributed by atoms with van der Waals surface area (Å²) in [6.07, 6.45) is 4.11. The second-order valence-electron chi connectivity index (χ2n) is 5.02. The molecule has 1 aromatic carbocycles. The first-order valence-electron chi connectivity index (χ1n) is 7.09. The lowest BCUT2D eigenvalue weighted by atomic mass is 10.1. The zero-order valence-electron chi connectivity index (χ0n) is 12.6. The molecule has 4 nitrogen and oxygen atoms in total. The molecule has 0 saturated heterocycles. The number of pyridine rings is 1. The lowest BCUT2D eigenvalue weighted by Gasteiger charge is -2.05. The average Bonchev–Trinajstić information content (AvgIpc) is 2.90. The van der Waals surface area contributed by atoms with E-state index in [4.69, 9.17) is 4.74 Å². The molecule has 2 heterocycles. The van der Waals surface area contributed by atoms with Gasteiger partial charge in [-0.25, -0.2) is 4.98 Å². The van der Waals surface area contributed by atoms with E-state index in [-0.39, 0.29) is 0 Å². The highest BCUT2D eigenvalue weighted by Crippen LogP contribution is 2.26. The third-order valence-corrected chi connectivity index (χ3v) is 3.52. The molecule has 0 bridgehead atoms. The maximum absolute atomic E-state index is 5.30. The molecule has 0 spiro atoms. The number of nitrogens with zero attached hydrogens (tertiary/aromatic N) is 2. The number of hydrogen-bond acceptors (Lipinski definition) is 3. The Balaban J connectivity index is 2.02. The van der Waals surface area contributed by atoms with Gasteiger partial charge in [0.1, 0.15) is 11.4 Å². The standard InChI is InChI=1S/C17H19N3O/c1-4-18-14-6-8-17-19-15(11-20(17)10-14)13-5-7-16(21-3)12(2)9-13/h5-11,18H,4H2,1-3H3. The van der Waals surface area contributed by atoms with Crippen molar-refractivity contribution in [2.45, 2.75) is 13.8 Å². The van der Waals surface area contributed by atoms with Crippen molar-refractivity contribution in [3.05, 3.63) is 48.3 Å². The molecule has 0 unspecified atom stereocenters. The van der Waals surface area contributed by atoms with Crippen molar-refractivity contribution < 1.29 is 4.74 Å². The zero-order chi connectivity index (χ0) is 14.8. The van der Waals surface area contributed by atoms with E-state index >= 15 is 0 Å². The summed E-state index contributed by atoms with van der Waals surface area (Å²) in [5.74, 6) is 0.900. The van der Waals surface area contributed by atoms with Gasteiger partial charge in [-0.15, -0.1) is 0 Å². The Kier molecular flexibility index (Phi) is 3.52. The van der Waals surface area contributed by atoms with Crippen molar-refractivity contribution in [1.29, 1.82) is 0 Å². The van der Waals surface area contributed by atoms with Crippen LogP contribution in [0.25, 0.3) is 16.9 Å². The summed E-state index contributed by atoms with van der Waals surface area (Å²) in [7, 11) is 1.69. The maximum atomic E-state index is 5.30. The number of imidazole rings is 1. The Morgan fingerprint density at radius 2 is 2.05 bits per heavy atom. The Morgan fingerprint density at radius 1 is 1.19 bits per heavy atom. The monoisotopic (exact) mass is 281 g/mol. The molecule has 4 heteroatoms. The fraction of sp³-hybridized carbons (Fsp3) is 0.235. The second kappa shape index (κ2) is 5.48. The average molecular weight is 281 g/mol. The molecule has 0 saturated carbocycles. The van der Waals surface area contributed by atoms with Crippen LogP contribution in [0.15, 0.2) is 42.7 Å². The number of hydrogen-bond donors (Lipinski definition) is 1. The van der Waals surface area contributed by atoms with E-state index in [1.54, 1.807) is 7.11 Å². The van der Waals surface area contributed by atoms with E-state index in [9.17, 15) is 0 Å². The van der Waals surface area contributed by atoms with Crippen LogP contribution >= 0.6 is 0 Å². The molecule has 0 radical (unpaired) electrons. The first kappa shape index (κ1) is 13.5. The molecule has 0 aliphatic heterocycles. The summed E-state index contributed by atoms with van der Waals surface area (Å²) in [6, 6.07) is 10.2. The number of ether oxygens (including phenoxy) is 1. The van der Waals surface area contributed by atoms with Crippen LogP contribution in [0.5, 0.6) is 5.75 Å². The molecule has 2 aromatic heterocycles. The molecule has 108 valence electrons. The predicted octanol–water partition coefficient (Wildman–Crippen LogP) is 3.75. The predicted molar refractivity (Wildman–Crippen MR) is 86.1 cm³/mol. The van der Waals surface area contributed by atoms with Crippen molar-refractivity contribution in [2.75, 3.05) is 19.0 Å². The third-order valence-electron chi connectivity index (χ3n) is 3.52. The van der Waals surface area contributed by atoms with Crippen molar-refractivity contribution in [3.63, 3.8) is 0 Å². The number of aryl methyl sites for hydroxylation is 1. The van der Waals surface area contributed by atoms with Crippen LogP contribution in [0.1, 0.15) is 12.5 Å². The largest absolute Gasteiger partial charge is 0.496 e. The van der Waals surface area contributed by atoms with E-state index in [0.29, 0.717) is 0 Å². The van der Waals surface area contributed by atoms with Gasteiger partial charge in [0.2, 0.25) is 0 Å². The van der Waals surface area contributed by atoms with Crippen LogP contribution < -0.4 is 10.1 Å². The van der Waals surface area contributed by atoms with Gasteiger partial charge in [-0.1, -0.05) is 0 Å². The first-order valence-corrected chi connectivity index (χ1v) is 7.09. The van der Waals surface area contributed by atoms with Crippen LogP contribution in [0.3, 0.4) is 0 Å². The summed E-state index contributed by atoms with van der Waals surface area (Å²) >= 11 is 0. The van der Waals surface area contributed by atoms with Crippen LogP contribution in [0.2, 0.25) is 0 Å². The number of rotatable bonds is 4. The number of anilines is 1. The highest BCUT2D eigenvalue weighted by atomic mass is 16.5. The Morgan fingerprint density at radius 3 is 2.76 bits per heavy atom. The number of aromatic nitrogens is 2. The molecule has 0 aliphatic rings. The smallest absolute Gasteiger partial charge is 0.137 e. The first-order chi connectivity index (χ1) is 10.2. The van der Waals surface area contributed by atoms with Gasteiger partial charge in [-0.3, -0.25) is 0 Å². The SMILES string of the molecule is CCNc1ccc2nc(-c3ccc(OC)c(C)c3)cn2c1. The number of fused-ring (bicyclic) bond motifs is 1. The maximum Gasteiger partial charge on any atom is 0.137 e. The van der Waals surface area contributed by atoms with E-state index in [1.165, 1.54) is 0 Å². The van der Waals surface area contributed by atoms with Crippen LogP contribution in [-0.4, -0.2) is 23.0 Å². The Labute approximate surface area is 124 Å². The van der Waals surface area contributed by atoms with Crippen molar-refractivity contribution in [2.24, 2.45) is 0 Å². The second-order valence-corrected chi connectivity index (χ2v) is 5.02. The molecule has 21 heavy (non-hydrogen) atoms. The number of nitrogens with one attached hydrogen (secondary N) is 1. The van der Waals surface area contributed by atoms with Gasteiger partial charge in [-0.2, -0.15) is 0 Å². The van der Waals surface area contributed by atoms with E-state index in [1.807, 2.05) is 29.5 Å². The van der Waals surface area contributed by atoms with Crippen LogP contribution in [-0.2, 0) is 0 Å². The molecule has 0 amide bonds. The Bertz CT molecular complexity index is 777. The highest BCUT2D eigenvalue weighted by Gasteiger charge is 2.07. The fourth-order valence-electron chi connectivity index (χ4n) is 2.48. The van der Waals surface area contributed by atoms with Crippen molar-refractivity contribution >= 4 is 11.3 Å². The van der Waals surface area contributed by atoms with Crippen molar-refractivity contribution in [1.82, 2.24) is 9.38 Å². The summed E-state index contributed by atoms with van der Waals surface area (Å²) in [5.41, 5.74) is 5.22. The summed E-state index contributed by atoms with van der Waals surface area (Å²) < 4.78 is 7.35. The van der Waals surface area contributed by atoms with E-state index in [0.717, 1.165) is 40.4 Å². The van der Waals surface area contributed by atoms with E-state index < -0.39 is 0 Å². The number of benzene rings is 1. The molecule has 3 rings (SSSR count). The van der Waals surface area contributed by atoms with Gasteiger partial charge in [0, 0.05) is 24.5 Å². The van der Waals surface area contributed by atoms with Gasteiger partial charge < -0.3 is 14.5 Å². The minimum Gasteiger partial charge on any atom is -0.496 e. The normalized spacial score (nSPS) is 10.8. The van der Waals surface area contributed by atoms with Gasteiger partial charge in [0.15, 0.2) is 0 Å². The van der Waals surface area contributed by atoms with Crippen LogP contribution in [0.4, 0.5) is 5.69 Å². The molecule has 0 fully saturated rings. The van der Waals surface area contributed by atoms with Crippen molar-refractivity contribution in [3.8, 4) is 17.0 Å². The molecular formula is C17H19N3O. The zero-order valence-corrected chi connectivity index (χ0v) is 12.6. The highest BCUT2D eigenvalue weighted by molar-refractivity contribution is 5.65. The Hall–Kier alpha value is -2.49.